The summed E-state index contributed by atoms with van der Waals surface area (Å²) in [5.41, 5.74) is 5.18. The molecule has 0 saturated heterocycles. The molecule has 0 fully saturated rings. The van der Waals surface area contributed by atoms with Crippen molar-refractivity contribution in [3.63, 3.8) is 0 Å². The van der Waals surface area contributed by atoms with Gasteiger partial charge in [0.25, 0.3) is 5.91 Å². The Hall–Kier alpha value is -2.82. The number of primary amides is 1. The van der Waals surface area contributed by atoms with Gasteiger partial charge in [-0.3, -0.25) is 10.1 Å². The molecule has 2 aromatic rings. The van der Waals surface area contributed by atoms with Gasteiger partial charge in [-0.15, -0.1) is 16.4 Å². The maximum absolute atomic E-state index is 11.8. The third-order valence-electron chi connectivity index (χ3n) is 2.02. The van der Waals surface area contributed by atoms with E-state index < -0.39 is 24.5 Å². The molecule has 2 rings (SSSR count). The number of hydrogen-bond donors (Lipinski definition) is 2. The van der Waals surface area contributed by atoms with Gasteiger partial charge < -0.3 is 10.5 Å². The van der Waals surface area contributed by atoms with Crippen molar-refractivity contribution >= 4 is 29.2 Å². The van der Waals surface area contributed by atoms with Gasteiger partial charge in [-0.05, 0) is 21.9 Å². The molecule has 0 bridgehead atoms. The molecule has 0 saturated carbocycles. The van der Waals surface area contributed by atoms with E-state index in [2.05, 4.69) is 15.5 Å². The van der Waals surface area contributed by atoms with Crippen LogP contribution in [0.5, 0.6) is 0 Å². The Labute approximate surface area is 115 Å². The minimum atomic E-state index is -1.02. The molecular weight excluding hydrogens is 288 g/mol. The Morgan fingerprint density at radius 3 is 2.90 bits per heavy atom. The lowest BCUT2D eigenvalue weighted by molar-refractivity contribution is -0.123. The highest BCUT2D eigenvalue weighted by atomic mass is 32.1. The van der Waals surface area contributed by atoms with Crippen molar-refractivity contribution in [2.45, 2.75) is 0 Å². The van der Waals surface area contributed by atoms with E-state index in [1.165, 1.54) is 11.0 Å². The van der Waals surface area contributed by atoms with Gasteiger partial charge in [-0.1, -0.05) is 0 Å². The van der Waals surface area contributed by atoms with Crippen LogP contribution in [-0.2, 0) is 9.53 Å². The number of imide groups is 1. The van der Waals surface area contributed by atoms with Crippen molar-refractivity contribution < 1.29 is 19.1 Å². The first kappa shape index (κ1) is 13.6. The van der Waals surface area contributed by atoms with Gasteiger partial charge in [-0.25, -0.2) is 9.59 Å². The van der Waals surface area contributed by atoms with E-state index in [0.29, 0.717) is 5.69 Å². The monoisotopic (exact) mass is 296 g/mol. The van der Waals surface area contributed by atoms with Crippen LogP contribution in [0.2, 0.25) is 0 Å². The molecule has 0 unspecified atom stereocenters. The first-order chi connectivity index (χ1) is 9.58. The van der Waals surface area contributed by atoms with Crippen molar-refractivity contribution in [1.82, 2.24) is 25.5 Å². The van der Waals surface area contributed by atoms with E-state index in [1.54, 1.807) is 16.8 Å². The van der Waals surface area contributed by atoms with E-state index >= 15 is 0 Å². The number of rotatable bonds is 4. The first-order valence-corrected chi connectivity index (χ1v) is 6.03. The number of nitrogens with two attached hydrogens (primary N) is 1. The summed E-state index contributed by atoms with van der Waals surface area (Å²) in [4.78, 5) is 33.6. The highest BCUT2D eigenvalue weighted by molar-refractivity contribution is 7.12. The maximum atomic E-state index is 11.8. The van der Waals surface area contributed by atoms with E-state index in [-0.39, 0.29) is 4.88 Å². The number of amides is 3. The molecule has 2 heterocycles. The average molecular weight is 296 g/mol. The smallest absolute Gasteiger partial charge is 0.351 e. The van der Waals surface area contributed by atoms with Crippen molar-refractivity contribution in [2.24, 2.45) is 5.73 Å². The van der Waals surface area contributed by atoms with Gasteiger partial charge in [0.15, 0.2) is 6.61 Å². The van der Waals surface area contributed by atoms with Crippen LogP contribution in [0.1, 0.15) is 9.67 Å². The minimum absolute atomic E-state index is 0.226. The Kier molecular flexibility index (Phi) is 4.00. The number of ether oxygens (including phenoxy) is 1. The molecule has 0 aliphatic rings. The number of nitrogens with zero attached hydrogens (tertiary/aromatic N) is 4. The van der Waals surface area contributed by atoms with Gasteiger partial charge in [0.2, 0.25) is 0 Å². The molecule has 0 aliphatic heterocycles. The fourth-order valence-corrected chi connectivity index (χ4v) is 2.05. The van der Waals surface area contributed by atoms with Gasteiger partial charge >= 0.3 is 12.0 Å². The summed E-state index contributed by atoms with van der Waals surface area (Å²) >= 11 is 1.11. The Morgan fingerprint density at radius 2 is 2.25 bits per heavy atom. The lowest BCUT2D eigenvalue weighted by atomic mass is 10.4. The van der Waals surface area contributed by atoms with Gasteiger partial charge in [-0.2, -0.15) is 4.68 Å². The molecule has 3 N–H and O–H groups in total. The van der Waals surface area contributed by atoms with Crippen LogP contribution >= 0.6 is 11.3 Å². The third kappa shape index (κ3) is 3.14. The number of carbonyl (C=O) groups excluding carboxylic acids is 3. The quantitative estimate of drug-likeness (QED) is 0.694. The number of tetrazole rings is 1. The highest BCUT2D eigenvalue weighted by Crippen LogP contribution is 2.20. The van der Waals surface area contributed by atoms with E-state index in [9.17, 15) is 14.4 Å². The fourth-order valence-electron chi connectivity index (χ4n) is 1.28. The minimum Gasteiger partial charge on any atom is -0.451 e. The molecule has 2 aromatic heterocycles. The number of aromatic nitrogens is 4. The molecule has 0 radical (unpaired) electrons. The second-order valence-electron chi connectivity index (χ2n) is 3.38. The molecule has 20 heavy (non-hydrogen) atoms. The maximum Gasteiger partial charge on any atom is 0.351 e. The molecule has 0 aromatic carbocycles. The Bertz CT molecular complexity index is 637. The van der Waals surface area contributed by atoms with Crippen molar-refractivity contribution in [2.75, 3.05) is 6.61 Å². The molecule has 3 amide bonds. The normalized spacial score (nSPS) is 10.0. The van der Waals surface area contributed by atoms with Crippen LogP contribution in [0.25, 0.3) is 5.69 Å². The molecule has 0 atom stereocenters. The van der Waals surface area contributed by atoms with Crippen LogP contribution in [-0.4, -0.2) is 44.7 Å². The molecule has 11 heteroatoms. The van der Waals surface area contributed by atoms with Crippen molar-refractivity contribution in [3.8, 4) is 5.69 Å². The highest BCUT2D eigenvalue weighted by Gasteiger charge is 2.18. The number of hydrogen-bond acceptors (Lipinski definition) is 8. The number of esters is 1. The number of thiophene rings is 1. The predicted molar refractivity (Wildman–Crippen MR) is 65.0 cm³/mol. The van der Waals surface area contributed by atoms with Crippen LogP contribution in [0.4, 0.5) is 4.79 Å². The lowest BCUT2D eigenvalue weighted by Crippen LogP contribution is -2.37. The van der Waals surface area contributed by atoms with Crippen LogP contribution in [0, 0.1) is 0 Å². The molecule has 10 nitrogen and oxygen atoms in total. The summed E-state index contributed by atoms with van der Waals surface area (Å²) in [6, 6.07) is 0.609. The Morgan fingerprint density at radius 1 is 1.45 bits per heavy atom. The second-order valence-corrected chi connectivity index (χ2v) is 4.29. The summed E-state index contributed by atoms with van der Waals surface area (Å²) in [6.07, 6.45) is 1.32. The molecule has 0 aliphatic carbocycles. The zero-order chi connectivity index (χ0) is 14.5. The van der Waals surface area contributed by atoms with E-state index in [4.69, 9.17) is 10.5 Å². The van der Waals surface area contributed by atoms with Crippen LogP contribution < -0.4 is 11.1 Å². The van der Waals surface area contributed by atoms with Gasteiger partial charge in [0.1, 0.15) is 11.2 Å². The SMILES string of the molecule is NC(=O)NC(=O)COC(=O)c1sccc1-n1cnnn1. The van der Waals surface area contributed by atoms with Crippen LogP contribution in [0.3, 0.4) is 0 Å². The fraction of sp³-hybridized carbons (Fsp3) is 0.111. The van der Waals surface area contributed by atoms with E-state index in [0.717, 1.165) is 11.3 Å². The second kappa shape index (κ2) is 5.88. The molecule has 104 valence electrons. The summed E-state index contributed by atoms with van der Waals surface area (Å²) in [5.74, 6) is -1.54. The van der Waals surface area contributed by atoms with Gasteiger partial charge in [0.05, 0.1) is 5.69 Å². The summed E-state index contributed by atoms with van der Waals surface area (Å²) in [7, 11) is 0. The zero-order valence-electron chi connectivity index (χ0n) is 9.85. The largest absolute Gasteiger partial charge is 0.451 e. The summed E-state index contributed by atoms with van der Waals surface area (Å²) in [6.45, 7) is -0.616. The van der Waals surface area contributed by atoms with E-state index in [1.807, 2.05) is 0 Å². The topological polar surface area (TPSA) is 142 Å². The first-order valence-electron chi connectivity index (χ1n) is 5.15. The predicted octanol–water partition coefficient (Wildman–Crippen LogP) is -0.925. The third-order valence-corrected chi connectivity index (χ3v) is 2.91. The lowest BCUT2D eigenvalue weighted by Gasteiger charge is -2.04. The molecular formula is C9H8N6O4S. The average Bonchev–Trinajstić information content (AvgIpc) is 3.04. The van der Waals surface area contributed by atoms with Crippen LogP contribution in [0.15, 0.2) is 17.8 Å². The zero-order valence-corrected chi connectivity index (χ0v) is 10.7. The van der Waals surface area contributed by atoms with Crippen molar-refractivity contribution in [3.05, 3.63) is 22.7 Å². The number of nitrogens with one attached hydrogen (secondary N) is 1. The van der Waals surface area contributed by atoms with Gasteiger partial charge in [0, 0.05) is 0 Å². The molecule has 0 spiro atoms. The summed E-state index contributed by atoms with van der Waals surface area (Å²) in [5, 5.41) is 14.0. The summed E-state index contributed by atoms with van der Waals surface area (Å²) < 4.78 is 6.05. The number of urea groups is 1. The number of carbonyl (C=O) groups is 3. The van der Waals surface area contributed by atoms with Crippen molar-refractivity contribution in [1.29, 1.82) is 0 Å². The standard InChI is InChI=1S/C9H8N6O4S/c10-9(18)12-6(16)3-19-8(17)7-5(1-2-20-7)15-4-11-13-14-15/h1-2,4H,3H2,(H3,10,12,16,18). The Balaban J connectivity index is 2.02.